The number of thiophene rings is 1. The summed E-state index contributed by atoms with van der Waals surface area (Å²) < 4.78 is 14.3. The number of nitrogens with one attached hydrogen (secondary N) is 2. The van der Waals surface area contributed by atoms with E-state index in [9.17, 15) is 14.0 Å². The van der Waals surface area contributed by atoms with Crippen LogP contribution in [0, 0.1) is 12.7 Å². The van der Waals surface area contributed by atoms with E-state index >= 15 is 0 Å². The average Bonchev–Trinajstić information content (AvgIpc) is 3.38. The number of anilines is 1. The first-order chi connectivity index (χ1) is 15.7. The van der Waals surface area contributed by atoms with Crippen molar-refractivity contribution in [3.8, 4) is 0 Å². The summed E-state index contributed by atoms with van der Waals surface area (Å²) in [5.41, 5.74) is 1.59. The monoisotopic (exact) mass is 471 g/mol. The first-order valence-electron chi connectivity index (χ1n) is 10.7. The molecular weight excluding hydrogens is 445 g/mol. The second-order valence-electron chi connectivity index (χ2n) is 8.35. The van der Waals surface area contributed by atoms with Gasteiger partial charge in [0.2, 0.25) is 5.95 Å². The Balaban J connectivity index is 1.59. The average molecular weight is 472 g/mol. The topological polar surface area (TPSA) is 103 Å². The molecule has 1 unspecified atom stereocenters. The lowest BCUT2D eigenvalue weighted by molar-refractivity contribution is 0.0770. The first-order valence-corrected chi connectivity index (χ1v) is 11.5. The predicted molar refractivity (Wildman–Crippen MR) is 125 cm³/mol. The van der Waals surface area contributed by atoms with Crippen LogP contribution in [0.4, 0.5) is 15.1 Å². The van der Waals surface area contributed by atoms with Gasteiger partial charge in [-0.3, -0.25) is 9.78 Å². The number of urea groups is 1. The van der Waals surface area contributed by atoms with Gasteiger partial charge in [0.15, 0.2) is 5.69 Å². The number of carbonyl (C=O) groups is 2. The molecule has 1 fully saturated rings. The van der Waals surface area contributed by atoms with Gasteiger partial charge in [0.1, 0.15) is 5.82 Å². The van der Waals surface area contributed by atoms with E-state index in [0.717, 1.165) is 11.1 Å². The minimum atomic E-state index is -0.429. The smallest absolute Gasteiger partial charge is 0.319 e. The lowest BCUT2D eigenvalue weighted by Gasteiger charge is -2.20. The second-order valence-corrected chi connectivity index (χ2v) is 9.60. The highest BCUT2D eigenvalue weighted by molar-refractivity contribution is 7.19. The number of aromatic nitrogens is 3. The fraction of sp³-hybridized carbons (Fsp3) is 0.409. The van der Waals surface area contributed by atoms with Gasteiger partial charge in [-0.1, -0.05) is 0 Å². The molecule has 1 atom stereocenters. The Bertz CT molecular complexity index is 1200. The Labute approximate surface area is 195 Å². The van der Waals surface area contributed by atoms with Gasteiger partial charge in [0, 0.05) is 30.2 Å². The zero-order chi connectivity index (χ0) is 23.7. The van der Waals surface area contributed by atoms with Crippen molar-refractivity contribution in [2.24, 2.45) is 0 Å². The molecule has 11 heteroatoms. The molecule has 174 valence electrons. The van der Waals surface area contributed by atoms with Crippen LogP contribution in [-0.4, -0.2) is 62.5 Å². The van der Waals surface area contributed by atoms with E-state index in [1.54, 1.807) is 16.0 Å². The van der Waals surface area contributed by atoms with Crippen molar-refractivity contribution in [1.29, 1.82) is 0 Å². The summed E-state index contributed by atoms with van der Waals surface area (Å²) in [6, 6.07) is 2.80. The van der Waals surface area contributed by atoms with Crippen LogP contribution in [0.1, 0.15) is 47.7 Å². The van der Waals surface area contributed by atoms with Gasteiger partial charge in [0.05, 0.1) is 29.1 Å². The number of carbonyl (C=O) groups excluding carboxylic acids is 2. The maximum absolute atomic E-state index is 13.6. The van der Waals surface area contributed by atoms with E-state index in [1.165, 1.54) is 17.4 Å². The van der Waals surface area contributed by atoms with Crippen molar-refractivity contribution < 1.29 is 14.0 Å². The molecule has 3 aromatic rings. The highest BCUT2D eigenvalue weighted by Crippen LogP contribution is 2.29. The van der Waals surface area contributed by atoms with E-state index in [2.05, 4.69) is 25.6 Å². The number of nitrogens with zero attached hydrogens (tertiary/aromatic N) is 5. The van der Waals surface area contributed by atoms with Crippen molar-refractivity contribution in [2.45, 2.75) is 39.8 Å². The number of rotatable bonds is 5. The molecule has 0 spiro atoms. The minimum Gasteiger partial charge on any atom is -0.348 e. The van der Waals surface area contributed by atoms with Crippen molar-refractivity contribution in [1.82, 2.24) is 30.1 Å². The second kappa shape index (κ2) is 9.26. The van der Waals surface area contributed by atoms with Crippen molar-refractivity contribution in [2.75, 3.05) is 25.1 Å². The van der Waals surface area contributed by atoms with Gasteiger partial charge in [-0.25, -0.2) is 19.2 Å². The largest absolute Gasteiger partial charge is 0.348 e. The molecule has 0 bridgehead atoms. The normalized spacial score (nSPS) is 14.7. The van der Waals surface area contributed by atoms with E-state index in [4.69, 9.17) is 0 Å². The third kappa shape index (κ3) is 5.03. The molecule has 0 radical (unpaired) electrons. The number of amides is 3. The number of fused-ring (bicyclic) bond motifs is 1. The predicted octanol–water partition coefficient (Wildman–Crippen LogP) is 3.54. The summed E-state index contributed by atoms with van der Waals surface area (Å²) in [4.78, 5) is 42.9. The maximum atomic E-state index is 13.6. The van der Waals surface area contributed by atoms with Crippen LogP contribution in [0.3, 0.4) is 0 Å². The van der Waals surface area contributed by atoms with Gasteiger partial charge >= 0.3 is 6.03 Å². The molecule has 1 aliphatic rings. The van der Waals surface area contributed by atoms with Gasteiger partial charge in [-0.15, -0.1) is 11.3 Å². The SMILES string of the molecule is Cc1cc2nc(NC(C)c3cncc(F)c3)nc(C(=O)N3CCN(C(=O)NC(C)C)C3)c2s1. The maximum Gasteiger partial charge on any atom is 0.319 e. The molecule has 4 heterocycles. The van der Waals surface area contributed by atoms with Crippen LogP contribution in [0.15, 0.2) is 24.5 Å². The first kappa shape index (κ1) is 22.8. The van der Waals surface area contributed by atoms with E-state index in [1.807, 2.05) is 33.8 Å². The summed E-state index contributed by atoms with van der Waals surface area (Å²) >= 11 is 1.45. The zero-order valence-corrected chi connectivity index (χ0v) is 19.7. The number of halogens is 1. The summed E-state index contributed by atoms with van der Waals surface area (Å²) in [5, 5.41) is 6.00. The van der Waals surface area contributed by atoms with Crippen molar-refractivity contribution >= 4 is 39.4 Å². The molecule has 2 N–H and O–H groups in total. The fourth-order valence-electron chi connectivity index (χ4n) is 3.61. The Hall–Kier alpha value is -3.34. The van der Waals surface area contributed by atoms with Gasteiger partial charge in [-0.2, -0.15) is 0 Å². The Kier molecular flexibility index (Phi) is 6.41. The third-order valence-electron chi connectivity index (χ3n) is 5.24. The van der Waals surface area contributed by atoms with E-state index < -0.39 is 5.82 Å². The van der Waals surface area contributed by atoms with Crippen LogP contribution in [-0.2, 0) is 0 Å². The van der Waals surface area contributed by atoms with E-state index in [-0.39, 0.29) is 42.3 Å². The van der Waals surface area contributed by atoms with Crippen molar-refractivity contribution in [3.63, 3.8) is 0 Å². The van der Waals surface area contributed by atoms with Crippen LogP contribution >= 0.6 is 11.3 Å². The van der Waals surface area contributed by atoms with Crippen LogP contribution in [0.2, 0.25) is 0 Å². The molecule has 1 saturated heterocycles. The number of hydrogen-bond donors (Lipinski definition) is 2. The number of pyridine rings is 1. The molecule has 0 aliphatic carbocycles. The highest BCUT2D eigenvalue weighted by atomic mass is 32.1. The Morgan fingerprint density at radius 3 is 2.61 bits per heavy atom. The molecule has 33 heavy (non-hydrogen) atoms. The van der Waals surface area contributed by atoms with Gasteiger partial charge in [0.25, 0.3) is 5.91 Å². The number of hydrogen-bond acceptors (Lipinski definition) is 7. The molecular formula is C22H26FN7O2S. The molecule has 3 amide bonds. The number of aryl methyl sites for hydroxylation is 1. The van der Waals surface area contributed by atoms with Crippen molar-refractivity contribution in [3.05, 3.63) is 46.5 Å². The van der Waals surface area contributed by atoms with E-state index in [0.29, 0.717) is 28.9 Å². The summed E-state index contributed by atoms with van der Waals surface area (Å²) in [5.74, 6) is -0.414. The molecule has 0 saturated carbocycles. The van der Waals surface area contributed by atoms with Crippen LogP contribution < -0.4 is 10.6 Å². The third-order valence-corrected chi connectivity index (χ3v) is 6.28. The quantitative estimate of drug-likeness (QED) is 0.590. The molecule has 3 aromatic heterocycles. The molecule has 0 aromatic carbocycles. The summed E-state index contributed by atoms with van der Waals surface area (Å²) in [6.07, 6.45) is 2.71. The minimum absolute atomic E-state index is 0.0155. The van der Waals surface area contributed by atoms with Crippen LogP contribution in [0.25, 0.3) is 10.2 Å². The van der Waals surface area contributed by atoms with Crippen LogP contribution in [0.5, 0.6) is 0 Å². The lowest BCUT2D eigenvalue weighted by Crippen LogP contribution is -2.43. The summed E-state index contributed by atoms with van der Waals surface area (Å²) in [6.45, 7) is 8.65. The highest BCUT2D eigenvalue weighted by Gasteiger charge is 2.31. The Morgan fingerprint density at radius 1 is 1.12 bits per heavy atom. The Morgan fingerprint density at radius 2 is 1.88 bits per heavy atom. The van der Waals surface area contributed by atoms with Gasteiger partial charge in [-0.05, 0) is 45.4 Å². The zero-order valence-electron chi connectivity index (χ0n) is 18.9. The molecule has 1 aliphatic heterocycles. The standard InChI is InChI=1S/C22H26FN7O2S/c1-12(2)25-22(32)30-6-5-29(11-30)20(31)18-19-17(7-13(3)33-19)27-21(28-18)26-14(4)15-8-16(23)10-24-9-15/h7-10,12,14H,5-6,11H2,1-4H3,(H,25,32)(H,26,27,28). The fourth-order valence-corrected chi connectivity index (χ4v) is 4.54. The lowest BCUT2D eigenvalue weighted by atomic mass is 10.1. The molecule has 9 nitrogen and oxygen atoms in total. The summed E-state index contributed by atoms with van der Waals surface area (Å²) in [7, 11) is 0. The molecule has 4 rings (SSSR count). The van der Waals surface area contributed by atoms with Gasteiger partial charge < -0.3 is 20.4 Å².